The van der Waals surface area contributed by atoms with Crippen LogP contribution in [0, 0.1) is 0 Å². The predicted molar refractivity (Wildman–Crippen MR) is 96.7 cm³/mol. The highest BCUT2D eigenvalue weighted by Gasteiger charge is 2.17. The van der Waals surface area contributed by atoms with Gasteiger partial charge in [0.25, 0.3) is 0 Å². The number of carbonyl (C=O) groups excluding carboxylic acids is 1. The molecule has 0 fully saturated rings. The van der Waals surface area contributed by atoms with Crippen molar-refractivity contribution in [3.8, 4) is 0 Å². The SMILES string of the molecule is CCN(Cc1cccs1)C(=O)CCNS(=O)(=O)c1cccc(Cl)c1. The van der Waals surface area contributed by atoms with Gasteiger partial charge in [0.15, 0.2) is 0 Å². The highest BCUT2D eigenvalue weighted by Crippen LogP contribution is 2.15. The largest absolute Gasteiger partial charge is 0.338 e. The Balaban J connectivity index is 1.89. The van der Waals surface area contributed by atoms with Crippen LogP contribution in [0.3, 0.4) is 0 Å². The monoisotopic (exact) mass is 386 g/mol. The van der Waals surface area contributed by atoms with Crippen molar-refractivity contribution < 1.29 is 13.2 Å². The summed E-state index contributed by atoms with van der Waals surface area (Å²) in [5.74, 6) is -0.0836. The van der Waals surface area contributed by atoms with Gasteiger partial charge >= 0.3 is 0 Å². The Kier molecular flexibility index (Phi) is 6.79. The zero-order valence-corrected chi connectivity index (χ0v) is 15.6. The minimum atomic E-state index is -3.66. The summed E-state index contributed by atoms with van der Waals surface area (Å²) in [5, 5.41) is 2.31. The van der Waals surface area contributed by atoms with Gasteiger partial charge < -0.3 is 4.90 Å². The number of amides is 1. The maximum atomic E-state index is 12.3. The minimum Gasteiger partial charge on any atom is -0.338 e. The Bertz CT molecular complexity index is 776. The summed E-state index contributed by atoms with van der Waals surface area (Å²) in [6.45, 7) is 3.09. The van der Waals surface area contributed by atoms with E-state index in [-0.39, 0.29) is 23.8 Å². The van der Waals surface area contributed by atoms with E-state index in [2.05, 4.69) is 4.72 Å². The quantitative estimate of drug-likeness (QED) is 0.757. The lowest BCUT2D eigenvalue weighted by Gasteiger charge is -2.20. The molecule has 1 aromatic heterocycles. The fraction of sp³-hybridized carbons (Fsp3) is 0.312. The summed E-state index contributed by atoms with van der Waals surface area (Å²) in [5.41, 5.74) is 0. The van der Waals surface area contributed by atoms with Gasteiger partial charge in [0.05, 0.1) is 11.4 Å². The standard InChI is InChI=1S/C16H19ClN2O3S2/c1-2-19(12-14-6-4-10-23-14)16(20)8-9-18-24(21,22)15-7-3-5-13(17)11-15/h3-7,10-11,18H,2,8-9,12H2,1H3. The Morgan fingerprint density at radius 2 is 2.08 bits per heavy atom. The number of hydrogen-bond acceptors (Lipinski definition) is 4. The fourth-order valence-electron chi connectivity index (χ4n) is 2.13. The molecule has 130 valence electrons. The molecule has 1 N–H and O–H groups in total. The third-order valence-electron chi connectivity index (χ3n) is 3.40. The lowest BCUT2D eigenvalue weighted by molar-refractivity contribution is -0.131. The Morgan fingerprint density at radius 1 is 1.29 bits per heavy atom. The molecule has 1 aromatic carbocycles. The smallest absolute Gasteiger partial charge is 0.240 e. The lowest BCUT2D eigenvalue weighted by atomic mass is 10.3. The first-order valence-corrected chi connectivity index (χ1v) is 10.2. The van der Waals surface area contributed by atoms with Crippen molar-refractivity contribution in [3.63, 3.8) is 0 Å². The van der Waals surface area contributed by atoms with Crippen molar-refractivity contribution in [1.29, 1.82) is 0 Å². The second-order valence-electron chi connectivity index (χ2n) is 5.09. The molecular weight excluding hydrogens is 368 g/mol. The van der Waals surface area contributed by atoms with Crippen LogP contribution >= 0.6 is 22.9 Å². The highest BCUT2D eigenvalue weighted by molar-refractivity contribution is 7.89. The number of rotatable bonds is 8. The molecule has 0 aliphatic rings. The van der Waals surface area contributed by atoms with Crippen LogP contribution in [0.2, 0.25) is 5.02 Å². The number of nitrogens with one attached hydrogen (secondary N) is 1. The molecule has 0 saturated heterocycles. The topological polar surface area (TPSA) is 66.5 Å². The van der Waals surface area contributed by atoms with E-state index in [1.807, 2.05) is 24.4 Å². The molecule has 0 spiro atoms. The van der Waals surface area contributed by atoms with Gasteiger partial charge in [0.1, 0.15) is 0 Å². The van der Waals surface area contributed by atoms with E-state index in [4.69, 9.17) is 11.6 Å². The zero-order valence-electron chi connectivity index (χ0n) is 13.2. The molecule has 0 atom stereocenters. The van der Waals surface area contributed by atoms with Crippen molar-refractivity contribution in [1.82, 2.24) is 9.62 Å². The summed E-state index contributed by atoms with van der Waals surface area (Å²) in [6.07, 6.45) is 0.110. The second kappa shape index (κ2) is 8.62. The summed E-state index contributed by atoms with van der Waals surface area (Å²) in [7, 11) is -3.66. The van der Waals surface area contributed by atoms with Crippen LogP contribution in [0.5, 0.6) is 0 Å². The third-order valence-corrected chi connectivity index (χ3v) is 5.95. The molecule has 24 heavy (non-hydrogen) atoms. The lowest BCUT2D eigenvalue weighted by Crippen LogP contribution is -2.34. The first-order chi connectivity index (χ1) is 11.4. The van der Waals surface area contributed by atoms with E-state index in [0.29, 0.717) is 18.1 Å². The number of hydrogen-bond donors (Lipinski definition) is 1. The molecule has 0 radical (unpaired) electrons. The highest BCUT2D eigenvalue weighted by atomic mass is 35.5. The molecule has 1 heterocycles. The Morgan fingerprint density at radius 3 is 2.71 bits per heavy atom. The van der Waals surface area contributed by atoms with E-state index in [0.717, 1.165) is 4.88 Å². The normalized spacial score (nSPS) is 11.4. The predicted octanol–water partition coefficient (Wildman–Crippen LogP) is 3.12. The number of carbonyl (C=O) groups is 1. The van der Waals surface area contributed by atoms with Crippen LogP contribution in [-0.2, 0) is 21.4 Å². The summed E-state index contributed by atoms with van der Waals surface area (Å²) >= 11 is 7.40. The zero-order chi connectivity index (χ0) is 17.6. The van der Waals surface area contributed by atoms with Gasteiger partial charge in [-0.15, -0.1) is 11.3 Å². The van der Waals surface area contributed by atoms with Gasteiger partial charge in [-0.2, -0.15) is 0 Å². The number of nitrogens with zero attached hydrogens (tertiary/aromatic N) is 1. The van der Waals surface area contributed by atoms with Crippen molar-refractivity contribution in [2.75, 3.05) is 13.1 Å². The van der Waals surface area contributed by atoms with Gasteiger partial charge in [-0.1, -0.05) is 23.7 Å². The summed E-state index contributed by atoms with van der Waals surface area (Å²) in [6, 6.07) is 9.93. The maximum Gasteiger partial charge on any atom is 0.240 e. The van der Waals surface area contributed by atoms with Gasteiger partial charge in [0.2, 0.25) is 15.9 Å². The molecule has 0 unspecified atom stereocenters. The molecule has 8 heteroatoms. The van der Waals surface area contributed by atoms with Crippen LogP contribution < -0.4 is 4.72 Å². The molecule has 0 aliphatic heterocycles. The number of thiophene rings is 1. The van der Waals surface area contributed by atoms with Gasteiger partial charge in [-0.05, 0) is 36.6 Å². The van der Waals surface area contributed by atoms with Crippen LogP contribution in [-0.4, -0.2) is 32.3 Å². The van der Waals surface area contributed by atoms with Gasteiger partial charge in [-0.3, -0.25) is 4.79 Å². The van der Waals surface area contributed by atoms with Crippen molar-refractivity contribution >= 4 is 38.9 Å². The van der Waals surface area contributed by atoms with E-state index in [1.54, 1.807) is 28.4 Å². The van der Waals surface area contributed by atoms with Crippen molar-refractivity contribution in [2.45, 2.75) is 24.8 Å². The average Bonchev–Trinajstić information content (AvgIpc) is 3.05. The first-order valence-electron chi connectivity index (χ1n) is 7.48. The van der Waals surface area contributed by atoms with E-state index in [1.165, 1.54) is 12.1 Å². The molecule has 5 nitrogen and oxygen atoms in total. The second-order valence-corrected chi connectivity index (χ2v) is 8.33. The first kappa shape index (κ1) is 18.9. The van der Waals surface area contributed by atoms with Gasteiger partial charge in [-0.25, -0.2) is 13.1 Å². The van der Waals surface area contributed by atoms with Gasteiger partial charge in [0, 0.05) is 29.4 Å². The summed E-state index contributed by atoms with van der Waals surface area (Å²) < 4.78 is 26.8. The Labute approximate surface area is 151 Å². The van der Waals surface area contributed by atoms with Crippen molar-refractivity contribution in [3.05, 3.63) is 51.7 Å². The number of halogens is 1. The maximum absolute atomic E-state index is 12.3. The van der Waals surface area contributed by atoms with Crippen LogP contribution in [0.25, 0.3) is 0 Å². The average molecular weight is 387 g/mol. The number of benzene rings is 1. The van der Waals surface area contributed by atoms with Crippen LogP contribution in [0.15, 0.2) is 46.7 Å². The van der Waals surface area contributed by atoms with Crippen molar-refractivity contribution in [2.24, 2.45) is 0 Å². The van der Waals surface area contributed by atoms with E-state index >= 15 is 0 Å². The van der Waals surface area contributed by atoms with E-state index in [9.17, 15) is 13.2 Å². The fourth-order valence-corrected chi connectivity index (χ4v) is 4.19. The molecular formula is C16H19ClN2O3S2. The summed E-state index contributed by atoms with van der Waals surface area (Å²) in [4.78, 5) is 15.2. The minimum absolute atomic E-state index is 0.0502. The molecule has 2 aromatic rings. The van der Waals surface area contributed by atoms with Crippen LogP contribution in [0.4, 0.5) is 0 Å². The molecule has 0 aliphatic carbocycles. The third kappa shape index (κ3) is 5.31. The molecule has 1 amide bonds. The molecule has 0 saturated carbocycles. The van der Waals surface area contributed by atoms with E-state index < -0.39 is 10.0 Å². The number of sulfonamides is 1. The molecule has 0 bridgehead atoms. The van der Waals surface area contributed by atoms with Crippen LogP contribution in [0.1, 0.15) is 18.2 Å². The Hall–Kier alpha value is -1.41. The molecule has 2 rings (SSSR count).